The number of hydrogen-bond donors (Lipinski definition) is 1. The highest BCUT2D eigenvalue weighted by Gasteiger charge is 2.51. The molecule has 0 heterocycles. The topological polar surface area (TPSA) is 20.2 Å². The first-order valence-corrected chi connectivity index (χ1v) is 5.57. The van der Waals surface area contributed by atoms with Gasteiger partial charge in [0, 0.05) is 4.47 Å². The normalized spacial score (nSPS) is 15.9. The van der Waals surface area contributed by atoms with Gasteiger partial charge >= 0.3 is 6.18 Å². The second-order valence-corrected chi connectivity index (χ2v) is 4.58. The molecular weight excluding hydrogens is 285 g/mol. The van der Waals surface area contributed by atoms with Crippen molar-refractivity contribution in [1.29, 1.82) is 0 Å². The van der Waals surface area contributed by atoms with E-state index in [2.05, 4.69) is 15.9 Å². The quantitative estimate of drug-likeness (QED) is 0.880. The summed E-state index contributed by atoms with van der Waals surface area (Å²) in [6.45, 7) is 2.60. The number of hydrogen-bond acceptors (Lipinski definition) is 1. The molecule has 0 bridgehead atoms. The minimum Gasteiger partial charge on any atom is -0.376 e. The third-order valence-electron chi connectivity index (χ3n) is 2.54. The Morgan fingerprint density at radius 3 is 2.31 bits per heavy atom. The van der Waals surface area contributed by atoms with Crippen molar-refractivity contribution < 1.29 is 18.3 Å². The molecule has 5 heteroatoms. The fourth-order valence-electron chi connectivity index (χ4n) is 1.31. The van der Waals surface area contributed by atoms with Crippen LogP contribution in [0.5, 0.6) is 0 Å². The molecule has 16 heavy (non-hydrogen) atoms. The van der Waals surface area contributed by atoms with Gasteiger partial charge in [0.15, 0.2) is 5.60 Å². The standard InChI is InChI=1S/C11H12BrF3O/c1-3-7-6-8(4-5-9(7)12)10(2,16)11(13,14)15/h4-6,16H,3H2,1-2H3. The Hall–Kier alpha value is -0.550. The van der Waals surface area contributed by atoms with Crippen molar-refractivity contribution in [1.82, 2.24) is 0 Å². The fourth-order valence-corrected chi connectivity index (χ4v) is 1.84. The van der Waals surface area contributed by atoms with Crippen molar-refractivity contribution >= 4 is 15.9 Å². The van der Waals surface area contributed by atoms with E-state index in [0.29, 0.717) is 6.42 Å². The second-order valence-electron chi connectivity index (χ2n) is 3.73. The van der Waals surface area contributed by atoms with Gasteiger partial charge in [0.05, 0.1) is 0 Å². The lowest BCUT2D eigenvalue weighted by atomic mass is 9.93. The Morgan fingerprint density at radius 2 is 1.88 bits per heavy atom. The summed E-state index contributed by atoms with van der Waals surface area (Å²) < 4.78 is 38.5. The van der Waals surface area contributed by atoms with Gasteiger partial charge in [-0.05, 0) is 30.5 Å². The van der Waals surface area contributed by atoms with Crippen LogP contribution in [0.1, 0.15) is 25.0 Å². The SMILES string of the molecule is CCc1cc(C(C)(O)C(F)(F)F)ccc1Br. The number of benzene rings is 1. The molecule has 0 saturated carbocycles. The number of aliphatic hydroxyl groups is 1. The van der Waals surface area contributed by atoms with E-state index in [1.54, 1.807) is 0 Å². The first-order valence-electron chi connectivity index (χ1n) is 4.78. The van der Waals surface area contributed by atoms with Crippen molar-refractivity contribution in [2.24, 2.45) is 0 Å². The minimum atomic E-state index is -4.67. The number of halogens is 4. The molecule has 0 aliphatic heterocycles. The van der Waals surface area contributed by atoms with Gasteiger partial charge in [-0.3, -0.25) is 0 Å². The molecule has 0 saturated heterocycles. The Morgan fingerprint density at radius 1 is 1.31 bits per heavy atom. The van der Waals surface area contributed by atoms with Crippen LogP contribution in [0.2, 0.25) is 0 Å². The molecule has 0 aromatic heterocycles. The highest BCUT2D eigenvalue weighted by atomic mass is 79.9. The van der Waals surface area contributed by atoms with E-state index in [9.17, 15) is 18.3 Å². The molecule has 1 nitrogen and oxygen atoms in total. The zero-order chi connectivity index (χ0) is 12.6. The van der Waals surface area contributed by atoms with Crippen LogP contribution in [0, 0.1) is 0 Å². The van der Waals surface area contributed by atoms with Crippen molar-refractivity contribution in [3.63, 3.8) is 0 Å². The first-order chi connectivity index (χ1) is 7.20. The third-order valence-corrected chi connectivity index (χ3v) is 3.31. The molecule has 90 valence electrons. The lowest BCUT2D eigenvalue weighted by Crippen LogP contribution is -2.39. The highest BCUT2D eigenvalue weighted by Crippen LogP contribution is 2.39. The summed E-state index contributed by atoms with van der Waals surface area (Å²) in [7, 11) is 0. The van der Waals surface area contributed by atoms with Crippen molar-refractivity contribution in [2.75, 3.05) is 0 Å². The molecule has 1 aromatic carbocycles. The predicted octanol–water partition coefficient (Wildman–Crippen LogP) is 3.78. The maximum absolute atomic E-state index is 12.6. The van der Waals surface area contributed by atoms with E-state index in [-0.39, 0.29) is 5.56 Å². The van der Waals surface area contributed by atoms with Crippen LogP contribution in [-0.2, 0) is 12.0 Å². The van der Waals surface area contributed by atoms with Crippen LogP contribution in [0.25, 0.3) is 0 Å². The van der Waals surface area contributed by atoms with E-state index < -0.39 is 11.8 Å². The monoisotopic (exact) mass is 296 g/mol. The summed E-state index contributed by atoms with van der Waals surface area (Å²) in [6.07, 6.45) is -4.08. The average Bonchev–Trinajstić information content (AvgIpc) is 2.16. The first kappa shape index (κ1) is 13.5. The molecule has 0 spiro atoms. The minimum absolute atomic E-state index is 0.139. The van der Waals surface area contributed by atoms with Crippen molar-refractivity contribution in [3.05, 3.63) is 33.8 Å². The van der Waals surface area contributed by atoms with E-state index in [4.69, 9.17) is 0 Å². The second kappa shape index (κ2) is 4.37. The van der Waals surface area contributed by atoms with Crippen LogP contribution >= 0.6 is 15.9 Å². The van der Waals surface area contributed by atoms with Gasteiger partial charge < -0.3 is 5.11 Å². The summed E-state index contributed by atoms with van der Waals surface area (Å²) in [5.41, 5.74) is -2.21. The maximum atomic E-state index is 12.6. The molecule has 1 rings (SSSR count). The van der Waals surface area contributed by atoms with Crippen LogP contribution < -0.4 is 0 Å². The molecule has 1 atom stereocenters. The van der Waals surface area contributed by atoms with Gasteiger partial charge in [-0.1, -0.05) is 35.0 Å². The number of alkyl halides is 3. The summed E-state index contributed by atoms with van der Waals surface area (Å²) in [5.74, 6) is 0. The molecule has 0 amide bonds. The summed E-state index contributed by atoms with van der Waals surface area (Å²) >= 11 is 3.24. The van der Waals surface area contributed by atoms with Gasteiger partial charge in [0.2, 0.25) is 0 Å². The van der Waals surface area contributed by atoms with Crippen LogP contribution in [0.15, 0.2) is 22.7 Å². The number of aryl methyl sites for hydroxylation is 1. The maximum Gasteiger partial charge on any atom is 0.421 e. The average molecular weight is 297 g/mol. The largest absolute Gasteiger partial charge is 0.421 e. The van der Waals surface area contributed by atoms with Crippen molar-refractivity contribution in [3.8, 4) is 0 Å². The van der Waals surface area contributed by atoms with Gasteiger partial charge in [0.1, 0.15) is 0 Å². The van der Waals surface area contributed by atoms with Crippen LogP contribution in [0.4, 0.5) is 13.2 Å². The Bertz CT molecular complexity index is 385. The van der Waals surface area contributed by atoms with E-state index in [1.807, 2.05) is 6.92 Å². The van der Waals surface area contributed by atoms with Gasteiger partial charge in [0.25, 0.3) is 0 Å². The molecule has 0 aliphatic carbocycles. The van der Waals surface area contributed by atoms with E-state index >= 15 is 0 Å². The Balaban J connectivity index is 3.24. The fraction of sp³-hybridized carbons (Fsp3) is 0.455. The van der Waals surface area contributed by atoms with E-state index in [0.717, 1.165) is 17.0 Å². The lowest BCUT2D eigenvalue weighted by molar-refractivity contribution is -0.258. The molecule has 1 aromatic rings. The lowest BCUT2D eigenvalue weighted by Gasteiger charge is -2.27. The van der Waals surface area contributed by atoms with E-state index in [1.165, 1.54) is 18.2 Å². The molecule has 0 aliphatic rings. The Kier molecular flexibility index (Phi) is 3.69. The van der Waals surface area contributed by atoms with Gasteiger partial charge in [-0.15, -0.1) is 0 Å². The van der Waals surface area contributed by atoms with Crippen molar-refractivity contribution in [2.45, 2.75) is 32.0 Å². The highest BCUT2D eigenvalue weighted by molar-refractivity contribution is 9.10. The number of rotatable bonds is 2. The molecule has 1 N–H and O–H groups in total. The molecule has 0 fully saturated rings. The van der Waals surface area contributed by atoms with Gasteiger partial charge in [-0.2, -0.15) is 13.2 Å². The van der Waals surface area contributed by atoms with Crippen LogP contribution in [-0.4, -0.2) is 11.3 Å². The summed E-state index contributed by atoms with van der Waals surface area (Å²) in [6, 6.07) is 4.17. The predicted molar refractivity (Wildman–Crippen MR) is 59.1 cm³/mol. The Labute approximate surface area is 100 Å². The molecular formula is C11H12BrF3O. The molecule has 0 radical (unpaired) electrons. The zero-order valence-corrected chi connectivity index (χ0v) is 10.5. The summed E-state index contributed by atoms with van der Waals surface area (Å²) in [5, 5.41) is 9.49. The zero-order valence-electron chi connectivity index (χ0n) is 8.90. The van der Waals surface area contributed by atoms with Gasteiger partial charge in [-0.25, -0.2) is 0 Å². The summed E-state index contributed by atoms with van der Waals surface area (Å²) in [4.78, 5) is 0. The molecule has 1 unspecified atom stereocenters. The third kappa shape index (κ3) is 2.40. The van der Waals surface area contributed by atoms with Crippen LogP contribution in [0.3, 0.4) is 0 Å². The smallest absolute Gasteiger partial charge is 0.376 e.